The number of aryl methyl sites for hydroxylation is 2. The third-order valence-corrected chi connectivity index (χ3v) is 2.16. The Balaban J connectivity index is 3.13. The van der Waals surface area contributed by atoms with E-state index in [4.69, 9.17) is 0 Å². The average molecular weight is 196 g/mol. The summed E-state index contributed by atoms with van der Waals surface area (Å²) in [6.07, 6.45) is 3.94. The minimum Gasteiger partial charge on any atom is -0.207 e. The Kier molecular flexibility index (Phi) is 3.55. The fraction of sp³-hybridized carbons (Fsp3) is 0.273. The van der Waals surface area contributed by atoms with Crippen molar-refractivity contribution in [2.24, 2.45) is 0 Å². The van der Waals surface area contributed by atoms with Crippen LogP contribution in [0.2, 0.25) is 0 Å². The summed E-state index contributed by atoms with van der Waals surface area (Å²) in [7, 11) is 0. The van der Waals surface area contributed by atoms with Gasteiger partial charge in [-0.15, -0.1) is 0 Å². The molecule has 0 amide bonds. The van der Waals surface area contributed by atoms with Gasteiger partial charge in [-0.25, -0.2) is 4.39 Å². The first kappa shape index (κ1) is 10.3. The molecule has 13 heavy (non-hydrogen) atoms. The zero-order valence-corrected chi connectivity index (χ0v) is 8.74. The lowest BCUT2D eigenvalue weighted by atomic mass is 10.0. The fourth-order valence-electron chi connectivity index (χ4n) is 1.36. The smallest absolute Gasteiger partial charge is 0.123 e. The zero-order valence-electron chi connectivity index (χ0n) is 7.84. The zero-order chi connectivity index (χ0) is 9.84. The maximum absolute atomic E-state index is 12.9. The van der Waals surface area contributed by atoms with E-state index in [-0.39, 0.29) is 5.82 Å². The highest BCUT2D eigenvalue weighted by Gasteiger charge is 2.01. The fourth-order valence-corrected chi connectivity index (χ4v) is 1.46. The van der Waals surface area contributed by atoms with Gasteiger partial charge in [0.25, 0.3) is 0 Å². The molecule has 2 heteroatoms. The summed E-state index contributed by atoms with van der Waals surface area (Å²) in [5, 5.41) is 0. The van der Waals surface area contributed by atoms with E-state index in [1.807, 2.05) is 26.0 Å². The van der Waals surface area contributed by atoms with Gasteiger partial charge in [-0.2, -0.15) is 12.6 Å². The monoisotopic (exact) mass is 196 g/mol. The molecule has 1 aromatic rings. The van der Waals surface area contributed by atoms with E-state index in [0.717, 1.165) is 16.7 Å². The van der Waals surface area contributed by atoms with Gasteiger partial charge in [0.2, 0.25) is 0 Å². The Labute approximate surface area is 83.9 Å². The molecular formula is C11H13FS. The van der Waals surface area contributed by atoms with Gasteiger partial charge in [0.1, 0.15) is 5.82 Å². The number of hydrogen-bond donors (Lipinski definition) is 1. The van der Waals surface area contributed by atoms with Gasteiger partial charge in [-0.1, -0.05) is 12.2 Å². The molecule has 0 unspecified atom stereocenters. The van der Waals surface area contributed by atoms with Crippen molar-refractivity contribution >= 4 is 18.7 Å². The van der Waals surface area contributed by atoms with Gasteiger partial charge < -0.3 is 0 Å². The summed E-state index contributed by atoms with van der Waals surface area (Å²) < 4.78 is 12.9. The Morgan fingerprint density at radius 3 is 2.31 bits per heavy atom. The SMILES string of the molecule is Cc1cc(F)cc(C)c1C=CCS. The van der Waals surface area contributed by atoms with Crippen LogP contribution in [0.1, 0.15) is 16.7 Å². The second-order valence-corrected chi connectivity index (χ2v) is 3.40. The van der Waals surface area contributed by atoms with Crippen LogP contribution in [-0.4, -0.2) is 5.75 Å². The number of thiol groups is 1. The molecule has 0 aliphatic carbocycles. The molecule has 0 atom stereocenters. The standard InChI is InChI=1S/C11H13FS/c1-8-6-10(12)7-9(2)11(8)4-3-5-13/h3-4,6-7,13H,5H2,1-2H3. The van der Waals surface area contributed by atoms with Crippen LogP contribution in [0.15, 0.2) is 18.2 Å². The van der Waals surface area contributed by atoms with Gasteiger partial charge in [0, 0.05) is 5.75 Å². The first-order chi connectivity index (χ1) is 6.15. The first-order valence-electron chi connectivity index (χ1n) is 4.19. The molecule has 0 fully saturated rings. The van der Waals surface area contributed by atoms with Crippen molar-refractivity contribution in [3.05, 3.63) is 40.7 Å². The highest BCUT2D eigenvalue weighted by molar-refractivity contribution is 7.80. The molecule has 0 aliphatic heterocycles. The molecule has 0 bridgehead atoms. The predicted molar refractivity (Wildman–Crippen MR) is 58.8 cm³/mol. The van der Waals surface area contributed by atoms with Crippen LogP contribution in [0, 0.1) is 19.7 Å². The molecule has 0 heterocycles. The molecular weight excluding hydrogens is 183 g/mol. The van der Waals surface area contributed by atoms with E-state index in [1.54, 1.807) is 12.1 Å². The number of hydrogen-bond acceptors (Lipinski definition) is 1. The Bertz CT molecular complexity index is 306. The largest absolute Gasteiger partial charge is 0.207 e. The molecule has 1 aromatic carbocycles. The van der Waals surface area contributed by atoms with Gasteiger partial charge in [-0.05, 0) is 42.7 Å². The maximum Gasteiger partial charge on any atom is 0.123 e. The lowest BCUT2D eigenvalue weighted by Gasteiger charge is -2.04. The molecule has 0 nitrogen and oxygen atoms in total. The third kappa shape index (κ3) is 2.59. The van der Waals surface area contributed by atoms with Crippen LogP contribution in [0.4, 0.5) is 4.39 Å². The van der Waals surface area contributed by atoms with E-state index >= 15 is 0 Å². The second kappa shape index (κ2) is 4.47. The van der Waals surface area contributed by atoms with Crippen molar-refractivity contribution in [2.75, 3.05) is 5.75 Å². The van der Waals surface area contributed by atoms with Crippen LogP contribution < -0.4 is 0 Å². The van der Waals surface area contributed by atoms with Gasteiger partial charge in [0.05, 0.1) is 0 Å². The summed E-state index contributed by atoms with van der Waals surface area (Å²) in [5.41, 5.74) is 3.03. The second-order valence-electron chi connectivity index (χ2n) is 3.04. The molecule has 0 saturated carbocycles. The lowest BCUT2D eigenvalue weighted by molar-refractivity contribution is 0.625. The minimum atomic E-state index is -0.168. The normalized spacial score (nSPS) is 11.1. The first-order valence-corrected chi connectivity index (χ1v) is 4.82. The topological polar surface area (TPSA) is 0 Å². The van der Waals surface area contributed by atoms with E-state index in [2.05, 4.69) is 12.6 Å². The molecule has 70 valence electrons. The Morgan fingerprint density at radius 2 is 1.85 bits per heavy atom. The maximum atomic E-state index is 12.9. The number of benzene rings is 1. The van der Waals surface area contributed by atoms with Gasteiger partial charge in [-0.3, -0.25) is 0 Å². The third-order valence-electron chi connectivity index (χ3n) is 1.95. The van der Waals surface area contributed by atoms with Gasteiger partial charge >= 0.3 is 0 Å². The van der Waals surface area contributed by atoms with Gasteiger partial charge in [0.15, 0.2) is 0 Å². The van der Waals surface area contributed by atoms with Crippen molar-refractivity contribution in [2.45, 2.75) is 13.8 Å². The highest BCUT2D eigenvalue weighted by Crippen LogP contribution is 2.17. The van der Waals surface area contributed by atoms with Crippen molar-refractivity contribution in [3.63, 3.8) is 0 Å². The van der Waals surface area contributed by atoms with E-state index in [1.165, 1.54) is 0 Å². The minimum absolute atomic E-state index is 0.168. The van der Waals surface area contributed by atoms with E-state index in [9.17, 15) is 4.39 Å². The number of halogens is 1. The van der Waals surface area contributed by atoms with Crippen molar-refractivity contribution in [1.29, 1.82) is 0 Å². The summed E-state index contributed by atoms with van der Waals surface area (Å²) >= 11 is 4.08. The molecule has 0 aromatic heterocycles. The Morgan fingerprint density at radius 1 is 1.31 bits per heavy atom. The van der Waals surface area contributed by atoms with Crippen LogP contribution in [0.5, 0.6) is 0 Å². The Hall–Kier alpha value is -0.760. The molecule has 0 N–H and O–H groups in total. The highest BCUT2D eigenvalue weighted by atomic mass is 32.1. The summed E-state index contributed by atoms with van der Waals surface area (Å²) in [6.45, 7) is 3.82. The molecule has 0 radical (unpaired) electrons. The summed E-state index contributed by atoms with van der Waals surface area (Å²) in [5.74, 6) is 0.536. The van der Waals surface area contributed by atoms with E-state index < -0.39 is 0 Å². The molecule has 0 saturated heterocycles. The summed E-state index contributed by atoms with van der Waals surface area (Å²) in [4.78, 5) is 0. The predicted octanol–water partition coefficient (Wildman–Crippen LogP) is 3.39. The quantitative estimate of drug-likeness (QED) is 0.689. The molecule has 0 aliphatic rings. The van der Waals surface area contributed by atoms with Crippen LogP contribution in [0.3, 0.4) is 0 Å². The lowest BCUT2D eigenvalue weighted by Crippen LogP contribution is -1.88. The van der Waals surface area contributed by atoms with Crippen molar-refractivity contribution < 1.29 is 4.39 Å². The van der Waals surface area contributed by atoms with Crippen LogP contribution in [-0.2, 0) is 0 Å². The molecule has 1 rings (SSSR count). The summed E-state index contributed by atoms with van der Waals surface area (Å²) in [6, 6.07) is 3.09. The average Bonchev–Trinajstić information content (AvgIpc) is 2.02. The van der Waals surface area contributed by atoms with Crippen molar-refractivity contribution in [1.82, 2.24) is 0 Å². The number of rotatable bonds is 2. The van der Waals surface area contributed by atoms with Crippen LogP contribution >= 0.6 is 12.6 Å². The molecule has 0 spiro atoms. The van der Waals surface area contributed by atoms with E-state index in [0.29, 0.717) is 5.75 Å². The van der Waals surface area contributed by atoms with Crippen LogP contribution in [0.25, 0.3) is 6.08 Å². The van der Waals surface area contributed by atoms with Crippen molar-refractivity contribution in [3.8, 4) is 0 Å².